The first-order valence-electron chi connectivity index (χ1n) is 5.62. The minimum atomic E-state index is 0.556. The van der Waals surface area contributed by atoms with Crippen molar-refractivity contribution in [1.82, 2.24) is 0 Å². The molecule has 0 saturated carbocycles. The number of para-hydroxylation sites is 2. The number of anilines is 2. The van der Waals surface area contributed by atoms with Crippen LogP contribution in [0.4, 0.5) is 11.4 Å². The van der Waals surface area contributed by atoms with E-state index >= 15 is 0 Å². The molecule has 0 saturated heterocycles. The van der Waals surface area contributed by atoms with Gasteiger partial charge in [0.15, 0.2) is 0 Å². The van der Waals surface area contributed by atoms with E-state index in [1.807, 2.05) is 36.4 Å². The summed E-state index contributed by atoms with van der Waals surface area (Å²) >= 11 is 5.96. The van der Waals surface area contributed by atoms with Crippen molar-refractivity contribution in [3.63, 3.8) is 0 Å². The fourth-order valence-corrected chi connectivity index (χ4v) is 1.91. The van der Waals surface area contributed by atoms with Crippen LogP contribution in [0.2, 0.25) is 5.02 Å². The van der Waals surface area contributed by atoms with Gasteiger partial charge in [0.25, 0.3) is 0 Å². The summed E-state index contributed by atoms with van der Waals surface area (Å²) in [5.74, 6) is 0.852. The lowest BCUT2D eigenvalue weighted by molar-refractivity contribution is 0.410. The highest BCUT2D eigenvalue weighted by molar-refractivity contribution is 6.33. The van der Waals surface area contributed by atoms with Gasteiger partial charge in [0.1, 0.15) is 5.75 Å². The summed E-state index contributed by atoms with van der Waals surface area (Å²) in [6.07, 6.45) is 0. The molecular formula is C14H15ClN2O. The third-order valence-electron chi connectivity index (χ3n) is 2.71. The lowest BCUT2D eigenvalue weighted by Crippen LogP contribution is -2.04. The minimum absolute atomic E-state index is 0.556. The van der Waals surface area contributed by atoms with Gasteiger partial charge in [0, 0.05) is 12.1 Å². The predicted molar refractivity (Wildman–Crippen MR) is 76.2 cm³/mol. The van der Waals surface area contributed by atoms with Crippen molar-refractivity contribution in [1.29, 1.82) is 0 Å². The number of ether oxygens (including phenoxy) is 1. The van der Waals surface area contributed by atoms with E-state index in [0.717, 1.165) is 17.0 Å². The van der Waals surface area contributed by atoms with Crippen LogP contribution in [0, 0.1) is 0 Å². The summed E-state index contributed by atoms with van der Waals surface area (Å²) in [7, 11) is 1.66. The number of hydrogen-bond acceptors (Lipinski definition) is 3. The molecule has 18 heavy (non-hydrogen) atoms. The van der Waals surface area contributed by atoms with Crippen LogP contribution in [-0.2, 0) is 6.54 Å². The molecule has 0 spiro atoms. The van der Waals surface area contributed by atoms with Crippen LogP contribution in [0.3, 0.4) is 0 Å². The van der Waals surface area contributed by atoms with Gasteiger partial charge in [0.05, 0.1) is 23.5 Å². The molecule has 0 amide bonds. The Morgan fingerprint density at radius 2 is 1.94 bits per heavy atom. The highest BCUT2D eigenvalue weighted by Crippen LogP contribution is 2.28. The Labute approximate surface area is 112 Å². The van der Waals surface area contributed by atoms with Crippen molar-refractivity contribution in [2.45, 2.75) is 6.54 Å². The second-order valence-electron chi connectivity index (χ2n) is 3.87. The Bertz CT molecular complexity index is 543. The summed E-state index contributed by atoms with van der Waals surface area (Å²) in [6, 6.07) is 13.4. The molecule has 0 aromatic heterocycles. The van der Waals surface area contributed by atoms with E-state index in [0.29, 0.717) is 17.3 Å². The molecule has 3 nitrogen and oxygen atoms in total. The van der Waals surface area contributed by atoms with Gasteiger partial charge in [0.2, 0.25) is 0 Å². The number of halogens is 1. The van der Waals surface area contributed by atoms with Crippen LogP contribution < -0.4 is 15.8 Å². The molecule has 0 aliphatic carbocycles. The quantitative estimate of drug-likeness (QED) is 0.829. The fraction of sp³-hybridized carbons (Fsp3) is 0.143. The van der Waals surface area contributed by atoms with Crippen LogP contribution in [0.5, 0.6) is 5.75 Å². The lowest BCUT2D eigenvalue weighted by atomic mass is 10.2. The lowest BCUT2D eigenvalue weighted by Gasteiger charge is -2.12. The number of nitrogen functional groups attached to an aromatic ring is 1. The highest BCUT2D eigenvalue weighted by Gasteiger charge is 2.04. The molecule has 94 valence electrons. The van der Waals surface area contributed by atoms with Gasteiger partial charge in [-0.05, 0) is 18.2 Å². The van der Waals surface area contributed by atoms with Crippen molar-refractivity contribution in [3.8, 4) is 5.75 Å². The summed E-state index contributed by atoms with van der Waals surface area (Å²) in [6.45, 7) is 0.633. The average molecular weight is 263 g/mol. The number of nitrogens with two attached hydrogens (primary N) is 1. The normalized spacial score (nSPS) is 10.1. The van der Waals surface area contributed by atoms with Gasteiger partial charge in [-0.15, -0.1) is 0 Å². The number of benzene rings is 2. The third-order valence-corrected chi connectivity index (χ3v) is 3.04. The molecule has 4 heteroatoms. The molecule has 2 rings (SSSR count). The predicted octanol–water partition coefficient (Wildman–Crippen LogP) is 3.54. The maximum absolute atomic E-state index is 5.96. The molecule has 2 aromatic carbocycles. The van der Waals surface area contributed by atoms with Crippen LogP contribution in [-0.4, -0.2) is 7.11 Å². The van der Waals surface area contributed by atoms with Gasteiger partial charge in [-0.3, -0.25) is 0 Å². The van der Waals surface area contributed by atoms with E-state index in [1.54, 1.807) is 13.2 Å². The Balaban J connectivity index is 2.14. The number of nitrogens with one attached hydrogen (secondary N) is 1. The third kappa shape index (κ3) is 2.68. The van der Waals surface area contributed by atoms with Gasteiger partial charge in [-0.2, -0.15) is 0 Å². The SMILES string of the molecule is COc1ccccc1CNc1cccc(Cl)c1N. The Morgan fingerprint density at radius 3 is 2.72 bits per heavy atom. The molecular weight excluding hydrogens is 248 g/mol. The number of rotatable bonds is 4. The molecule has 0 aliphatic rings. The van der Waals surface area contributed by atoms with Crippen LogP contribution in [0.15, 0.2) is 42.5 Å². The molecule has 0 aliphatic heterocycles. The standard InChI is InChI=1S/C14H15ClN2O/c1-18-13-8-3-2-5-10(13)9-17-12-7-4-6-11(15)14(12)16/h2-8,17H,9,16H2,1H3. The summed E-state index contributed by atoms with van der Waals surface area (Å²) in [5, 5.41) is 3.81. The van der Waals surface area contributed by atoms with E-state index < -0.39 is 0 Å². The molecule has 0 atom stereocenters. The monoisotopic (exact) mass is 262 g/mol. The zero-order valence-corrected chi connectivity index (χ0v) is 10.9. The van der Waals surface area contributed by atoms with Crippen molar-refractivity contribution in [2.75, 3.05) is 18.2 Å². The van der Waals surface area contributed by atoms with E-state index in [2.05, 4.69) is 5.32 Å². The van der Waals surface area contributed by atoms with E-state index in [9.17, 15) is 0 Å². The molecule has 2 aromatic rings. The average Bonchev–Trinajstić information content (AvgIpc) is 2.41. The minimum Gasteiger partial charge on any atom is -0.496 e. The molecule has 0 radical (unpaired) electrons. The highest BCUT2D eigenvalue weighted by atomic mass is 35.5. The number of hydrogen-bond donors (Lipinski definition) is 2. The van der Waals surface area contributed by atoms with Crippen LogP contribution in [0.1, 0.15) is 5.56 Å². The Hall–Kier alpha value is -1.87. The largest absolute Gasteiger partial charge is 0.496 e. The van der Waals surface area contributed by atoms with Crippen LogP contribution in [0.25, 0.3) is 0 Å². The Kier molecular flexibility index (Phi) is 3.95. The molecule has 3 N–H and O–H groups in total. The van der Waals surface area contributed by atoms with E-state index in [1.165, 1.54) is 0 Å². The second-order valence-corrected chi connectivity index (χ2v) is 4.27. The van der Waals surface area contributed by atoms with Crippen LogP contribution >= 0.6 is 11.6 Å². The molecule has 0 heterocycles. The summed E-state index contributed by atoms with van der Waals surface area (Å²) in [5.41, 5.74) is 8.35. The van der Waals surface area contributed by atoms with Gasteiger partial charge >= 0.3 is 0 Å². The maximum Gasteiger partial charge on any atom is 0.123 e. The fourth-order valence-electron chi connectivity index (χ4n) is 1.73. The second kappa shape index (κ2) is 5.65. The van der Waals surface area contributed by atoms with E-state index in [4.69, 9.17) is 22.1 Å². The topological polar surface area (TPSA) is 47.3 Å². The molecule has 0 unspecified atom stereocenters. The maximum atomic E-state index is 5.96. The van der Waals surface area contributed by atoms with Gasteiger partial charge in [-0.25, -0.2) is 0 Å². The van der Waals surface area contributed by atoms with Gasteiger partial charge < -0.3 is 15.8 Å². The smallest absolute Gasteiger partial charge is 0.123 e. The Morgan fingerprint density at radius 1 is 1.17 bits per heavy atom. The molecule has 0 bridgehead atoms. The van der Waals surface area contributed by atoms with Crippen molar-refractivity contribution >= 4 is 23.0 Å². The summed E-state index contributed by atoms with van der Waals surface area (Å²) in [4.78, 5) is 0. The van der Waals surface area contributed by atoms with Crippen molar-refractivity contribution in [2.24, 2.45) is 0 Å². The number of methoxy groups -OCH3 is 1. The zero-order valence-electron chi connectivity index (χ0n) is 10.1. The zero-order chi connectivity index (χ0) is 13.0. The first kappa shape index (κ1) is 12.6. The van der Waals surface area contributed by atoms with Crippen molar-refractivity contribution in [3.05, 3.63) is 53.1 Å². The van der Waals surface area contributed by atoms with Gasteiger partial charge in [-0.1, -0.05) is 35.9 Å². The van der Waals surface area contributed by atoms with Crippen molar-refractivity contribution < 1.29 is 4.74 Å². The molecule has 0 fully saturated rings. The first-order valence-corrected chi connectivity index (χ1v) is 6.00. The van der Waals surface area contributed by atoms with E-state index in [-0.39, 0.29) is 0 Å². The summed E-state index contributed by atoms with van der Waals surface area (Å²) < 4.78 is 5.29. The first-order chi connectivity index (χ1) is 8.72.